The maximum Gasteiger partial charge on any atom is 0.207 e. The zero-order valence-electron chi connectivity index (χ0n) is 12.0. The molecule has 1 aromatic carbocycles. The van der Waals surface area contributed by atoms with Crippen molar-refractivity contribution >= 4 is 17.1 Å². The fourth-order valence-electron chi connectivity index (χ4n) is 2.52. The predicted molar refractivity (Wildman–Crippen MR) is 78.3 cm³/mol. The molecule has 0 bridgehead atoms. The highest BCUT2D eigenvalue weighted by atomic mass is 16.5. The second kappa shape index (κ2) is 4.52. The average Bonchev–Trinajstić information content (AvgIpc) is 2.95. The zero-order valence-corrected chi connectivity index (χ0v) is 12.0. The molecule has 0 aliphatic carbocycles. The third kappa shape index (κ3) is 1.73. The van der Waals surface area contributed by atoms with Gasteiger partial charge in [0.1, 0.15) is 23.0 Å². The molecule has 21 heavy (non-hydrogen) atoms. The summed E-state index contributed by atoms with van der Waals surface area (Å²) in [5.74, 6) is 0.848. The van der Waals surface area contributed by atoms with Crippen molar-refractivity contribution < 1.29 is 4.74 Å². The number of nitrogen functional groups attached to an aromatic ring is 1. The number of para-hydroxylation sites is 1. The maximum atomic E-state index is 9.37. The third-order valence-electron chi connectivity index (χ3n) is 3.39. The molecule has 2 N–H and O–H groups in total. The molecule has 0 radical (unpaired) electrons. The predicted octanol–water partition coefficient (Wildman–Crippen LogP) is 1.53. The molecule has 106 valence electrons. The molecule has 3 aromatic rings. The first-order chi connectivity index (χ1) is 10.1. The standard InChI is InChI=1S/C14H14N6O/c1-8-11-13(19(2)18-8)20(14(16)17-11)12-9(7-15)5-4-6-10(12)21-3/h4-6H,1-3H3,(H2,16,17). The summed E-state index contributed by atoms with van der Waals surface area (Å²) in [7, 11) is 3.37. The first-order valence-electron chi connectivity index (χ1n) is 6.33. The molecule has 0 amide bonds. The van der Waals surface area contributed by atoms with Crippen molar-refractivity contribution in [3.05, 3.63) is 29.5 Å². The first kappa shape index (κ1) is 13.0. The van der Waals surface area contributed by atoms with Crippen molar-refractivity contribution in [2.45, 2.75) is 6.92 Å². The minimum absolute atomic E-state index is 0.294. The van der Waals surface area contributed by atoms with Gasteiger partial charge in [0, 0.05) is 7.05 Å². The zero-order chi connectivity index (χ0) is 15.1. The van der Waals surface area contributed by atoms with Crippen LogP contribution in [0.5, 0.6) is 5.75 Å². The van der Waals surface area contributed by atoms with E-state index in [9.17, 15) is 5.26 Å². The number of benzene rings is 1. The van der Waals surface area contributed by atoms with Crippen LogP contribution in [-0.4, -0.2) is 26.4 Å². The molecule has 0 spiro atoms. The van der Waals surface area contributed by atoms with Gasteiger partial charge in [-0.15, -0.1) is 0 Å². The van der Waals surface area contributed by atoms with E-state index in [1.54, 1.807) is 34.6 Å². The molecule has 0 unspecified atom stereocenters. The molecule has 0 fully saturated rings. The summed E-state index contributed by atoms with van der Waals surface area (Å²) in [6, 6.07) is 7.42. The molecule has 7 nitrogen and oxygen atoms in total. The van der Waals surface area contributed by atoms with Gasteiger partial charge in [0.25, 0.3) is 0 Å². The van der Waals surface area contributed by atoms with E-state index in [0.717, 1.165) is 11.3 Å². The summed E-state index contributed by atoms with van der Waals surface area (Å²) in [6.07, 6.45) is 0. The molecule has 7 heteroatoms. The summed E-state index contributed by atoms with van der Waals surface area (Å²) in [6.45, 7) is 1.87. The highest BCUT2D eigenvalue weighted by Gasteiger charge is 2.21. The van der Waals surface area contributed by atoms with Crippen molar-refractivity contribution in [3.8, 4) is 17.5 Å². The van der Waals surface area contributed by atoms with Crippen LogP contribution >= 0.6 is 0 Å². The van der Waals surface area contributed by atoms with Crippen LogP contribution in [0.3, 0.4) is 0 Å². The Kier molecular flexibility index (Phi) is 2.80. The van der Waals surface area contributed by atoms with Crippen molar-refractivity contribution in [1.82, 2.24) is 19.3 Å². The SMILES string of the molecule is COc1cccc(C#N)c1-n1c(N)nc2c(C)nn(C)c21. The number of rotatable bonds is 2. The monoisotopic (exact) mass is 282 g/mol. The number of nitrogens with zero attached hydrogens (tertiary/aromatic N) is 5. The van der Waals surface area contributed by atoms with Gasteiger partial charge in [-0.1, -0.05) is 6.07 Å². The van der Waals surface area contributed by atoms with E-state index < -0.39 is 0 Å². The van der Waals surface area contributed by atoms with E-state index >= 15 is 0 Å². The Hall–Kier alpha value is -3.01. The van der Waals surface area contributed by atoms with Crippen LogP contribution in [0.2, 0.25) is 0 Å². The average molecular weight is 282 g/mol. The Morgan fingerprint density at radius 1 is 1.38 bits per heavy atom. The molecule has 2 aromatic heterocycles. The van der Waals surface area contributed by atoms with Gasteiger partial charge in [-0.3, -0.25) is 4.57 Å². The highest BCUT2D eigenvalue weighted by Crippen LogP contribution is 2.32. The van der Waals surface area contributed by atoms with Gasteiger partial charge in [0.2, 0.25) is 5.95 Å². The van der Waals surface area contributed by atoms with E-state index in [-0.39, 0.29) is 0 Å². The van der Waals surface area contributed by atoms with Crippen LogP contribution in [0.15, 0.2) is 18.2 Å². The van der Waals surface area contributed by atoms with Crippen molar-refractivity contribution in [1.29, 1.82) is 5.26 Å². The molecule has 0 atom stereocenters. The Morgan fingerprint density at radius 2 is 2.14 bits per heavy atom. The first-order valence-corrected chi connectivity index (χ1v) is 6.33. The molecule has 0 aliphatic rings. The van der Waals surface area contributed by atoms with Gasteiger partial charge in [0.15, 0.2) is 5.65 Å². The van der Waals surface area contributed by atoms with Crippen LogP contribution in [0.4, 0.5) is 5.95 Å². The number of methoxy groups -OCH3 is 1. The summed E-state index contributed by atoms with van der Waals surface area (Å²) in [5.41, 5.74) is 9.32. The maximum absolute atomic E-state index is 9.37. The van der Waals surface area contributed by atoms with Gasteiger partial charge in [-0.2, -0.15) is 10.4 Å². The molecular weight excluding hydrogens is 268 g/mol. The van der Waals surface area contributed by atoms with Gasteiger partial charge in [-0.05, 0) is 19.1 Å². The second-order valence-electron chi connectivity index (χ2n) is 4.65. The Balaban J connectivity index is 2.47. The number of ether oxygens (including phenoxy) is 1. The summed E-state index contributed by atoms with van der Waals surface area (Å²) in [4.78, 5) is 4.35. The Bertz CT molecular complexity index is 883. The van der Waals surface area contributed by atoms with E-state index in [2.05, 4.69) is 16.2 Å². The van der Waals surface area contributed by atoms with Crippen molar-refractivity contribution in [3.63, 3.8) is 0 Å². The highest BCUT2D eigenvalue weighted by molar-refractivity contribution is 5.81. The van der Waals surface area contributed by atoms with Crippen LogP contribution in [0, 0.1) is 18.3 Å². The van der Waals surface area contributed by atoms with Crippen LogP contribution in [0.1, 0.15) is 11.3 Å². The largest absolute Gasteiger partial charge is 0.495 e. The number of imidazole rings is 1. The lowest BCUT2D eigenvalue weighted by Crippen LogP contribution is -2.08. The molecular formula is C14H14N6O. The van der Waals surface area contributed by atoms with Crippen molar-refractivity contribution in [2.24, 2.45) is 7.05 Å². The number of aryl methyl sites for hydroxylation is 2. The summed E-state index contributed by atoms with van der Waals surface area (Å²) >= 11 is 0. The number of aromatic nitrogens is 4. The summed E-state index contributed by atoms with van der Waals surface area (Å²) in [5, 5.41) is 13.7. The normalized spacial score (nSPS) is 10.8. The van der Waals surface area contributed by atoms with Crippen LogP contribution in [-0.2, 0) is 7.05 Å². The van der Waals surface area contributed by atoms with E-state index in [1.165, 1.54) is 0 Å². The molecule has 3 rings (SSSR count). The van der Waals surface area contributed by atoms with Crippen LogP contribution in [0.25, 0.3) is 16.9 Å². The number of nitriles is 1. The Morgan fingerprint density at radius 3 is 2.81 bits per heavy atom. The van der Waals surface area contributed by atoms with E-state index in [4.69, 9.17) is 10.5 Å². The minimum Gasteiger partial charge on any atom is -0.495 e. The molecule has 0 saturated heterocycles. The number of nitrogens with two attached hydrogens (primary N) is 1. The van der Waals surface area contributed by atoms with Crippen molar-refractivity contribution in [2.75, 3.05) is 12.8 Å². The number of fused-ring (bicyclic) bond motifs is 1. The fourth-order valence-corrected chi connectivity index (χ4v) is 2.52. The lowest BCUT2D eigenvalue weighted by atomic mass is 10.1. The minimum atomic E-state index is 0.294. The third-order valence-corrected chi connectivity index (χ3v) is 3.39. The number of hydrogen-bond acceptors (Lipinski definition) is 5. The van der Waals surface area contributed by atoms with Gasteiger partial charge < -0.3 is 10.5 Å². The van der Waals surface area contributed by atoms with Gasteiger partial charge in [-0.25, -0.2) is 9.67 Å². The van der Waals surface area contributed by atoms with E-state index in [1.807, 2.05) is 14.0 Å². The quantitative estimate of drug-likeness (QED) is 0.769. The number of anilines is 1. The Labute approximate surface area is 121 Å². The summed E-state index contributed by atoms with van der Waals surface area (Å²) < 4.78 is 8.77. The van der Waals surface area contributed by atoms with Crippen LogP contribution < -0.4 is 10.5 Å². The molecule has 2 heterocycles. The molecule has 0 aliphatic heterocycles. The van der Waals surface area contributed by atoms with Gasteiger partial charge >= 0.3 is 0 Å². The lowest BCUT2D eigenvalue weighted by Gasteiger charge is -2.13. The van der Waals surface area contributed by atoms with E-state index in [0.29, 0.717) is 28.5 Å². The molecule has 0 saturated carbocycles. The second-order valence-corrected chi connectivity index (χ2v) is 4.65. The smallest absolute Gasteiger partial charge is 0.207 e. The van der Waals surface area contributed by atoms with Gasteiger partial charge in [0.05, 0.1) is 18.4 Å². The number of hydrogen-bond donors (Lipinski definition) is 1. The topological polar surface area (TPSA) is 94.7 Å². The fraction of sp³-hybridized carbons (Fsp3) is 0.214. The lowest BCUT2D eigenvalue weighted by molar-refractivity contribution is 0.413.